The molecule has 0 saturated heterocycles. The molecule has 0 atom stereocenters. The fourth-order valence-electron chi connectivity index (χ4n) is 2.30. The maximum atomic E-state index is 6.06. The van der Waals surface area contributed by atoms with Crippen molar-refractivity contribution in [1.29, 1.82) is 0 Å². The predicted molar refractivity (Wildman–Crippen MR) is 86.5 cm³/mol. The van der Waals surface area contributed by atoms with Gasteiger partial charge in [0.15, 0.2) is 0 Å². The van der Waals surface area contributed by atoms with Crippen LogP contribution in [-0.4, -0.2) is 5.16 Å². The summed E-state index contributed by atoms with van der Waals surface area (Å²) in [6, 6.07) is 13.0. The predicted octanol–water partition coefficient (Wildman–Crippen LogP) is 5.21. The van der Waals surface area contributed by atoms with Crippen molar-refractivity contribution >= 4 is 29.1 Å². The monoisotopic (exact) mass is 318 g/mol. The molecule has 2 aromatic carbocycles. The van der Waals surface area contributed by atoms with Gasteiger partial charge in [0.25, 0.3) is 0 Å². The van der Waals surface area contributed by atoms with Crippen LogP contribution in [0.5, 0.6) is 0 Å². The molecule has 0 aliphatic heterocycles. The number of hydrogen-bond acceptors (Lipinski definition) is 3. The van der Waals surface area contributed by atoms with Crippen LogP contribution in [-0.2, 0) is 0 Å². The maximum Gasteiger partial charge on any atom is 0.230 e. The van der Waals surface area contributed by atoms with E-state index >= 15 is 0 Å². The van der Waals surface area contributed by atoms with Gasteiger partial charge >= 0.3 is 0 Å². The number of halogens is 2. The number of hydrogen-bond donors (Lipinski definition) is 1. The minimum Gasteiger partial charge on any atom is -0.367 e. The summed E-state index contributed by atoms with van der Waals surface area (Å²) < 4.78 is 5.18. The van der Waals surface area contributed by atoms with Crippen LogP contribution in [0.15, 0.2) is 47.0 Å². The Morgan fingerprint density at radius 3 is 2.52 bits per heavy atom. The molecule has 0 unspecified atom stereocenters. The molecule has 0 saturated carbocycles. The summed E-state index contributed by atoms with van der Waals surface area (Å²) in [5.41, 5.74) is 10.2. The van der Waals surface area contributed by atoms with Crippen LogP contribution in [0.4, 0.5) is 5.88 Å². The second kappa shape index (κ2) is 5.43. The highest BCUT2D eigenvalue weighted by atomic mass is 35.5. The van der Waals surface area contributed by atoms with Gasteiger partial charge in [0.05, 0.1) is 5.56 Å². The average Bonchev–Trinajstić information content (AvgIpc) is 2.80. The van der Waals surface area contributed by atoms with Crippen LogP contribution in [0.2, 0.25) is 10.0 Å². The minimum absolute atomic E-state index is 0.265. The van der Waals surface area contributed by atoms with E-state index in [1.807, 2.05) is 49.4 Å². The number of rotatable bonds is 2. The third-order valence-electron chi connectivity index (χ3n) is 3.28. The molecule has 0 aliphatic rings. The van der Waals surface area contributed by atoms with Gasteiger partial charge in [0.1, 0.15) is 5.69 Å². The van der Waals surface area contributed by atoms with Crippen molar-refractivity contribution in [3.63, 3.8) is 0 Å². The van der Waals surface area contributed by atoms with Crippen molar-refractivity contribution in [1.82, 2.24) is 5.16 Å². The van der Waals surface area contributed by atoms with Gasteiger partial charge in [-0.1, -0.05) is 46.6 Å². The number of nitrogens with two attached hydrogens (primary N) is 1. The molecule has 2 N–H and O–H groups in total. The number of aryl methyl sites for hydroxylation is 1. The highest BCUT2D eigenvalue weighted by Crippen LogP contribution is 2.38. The highest BCUT2D eigenvalue weighted by molar-refractivity contribution is 6.31. The van der Waals surface area contributed by atoms with Gasteiger partial charge in [-0.05, 0) is 42.3 Å². The molecule has 5 heteroatoms. The van der Waals surface area contributed by atoms with Gasteiger partial charge in [0, 0.05) is 15.6 Å². The molecule has 0 bridgehead atoms. The molecule has 21 heavy (non-hydrogen) atoms. The van der Waals surface area contributed by atoms with Gasteiger partial charge in [-0.3, -0.25) is 0 Å². The van der Waals surface area contributed by atoms with Crippen molar-refractivity contribution in [2.75, 3.05) is 5.73 Å². The third-order valence-corrected chi connectivity index (χ3v) is 3.75. The van der Waals surface area contributed by atoms with E-state index < -0.39 is 0 Å². The van der Waals surface area contributed by atoms with E-state index in [2.05, 4.69) is 5.16 Å². The van der Waals surface area contributed by atoms with E-state index in [-0.39, 0.29) is 5.88 Å². The molecule has 1 heterocycles. The molecular formula is C16H12Cl2N2O. The normalized spacial score (nSPS) is 10.8. The smallest absolute Gasteiger partial charge is 0.230 e. The largest absolute Gasteiger partial charge is 0.367 e. The van der Waals surface area contributed by atoms with Crippen molar-refractivity contribution in [2.24, 2.45) is 0 Å². The van der Waals surface area contributed by atoms with Crippen molar-refractivity contribution in [3.8, 4) is 22.4 Å². The second-order valence-electron chi connectivity index (χ2n) is 4.74. The average molecular weight is 319 g/mol. The van der Waals surface area contributed by atoms with E-state index in [1.165, 1.54) is 0 Å². The van der Waals surface area contributed by atoms with Gasteiger partial charge in [0.2, 0.25) is 5.88 Å². The van der Waals surface area contributed by atoms with E-state index in [0.717, 1.165) is 22.3 Å². The number of nitrogens with zero attached hydrogens (tertiary/aromatic N) is 1. The zero-order valence-corrected chi connectivity index (χ0v) is 12.7. The maximum absolute atomic E-state index is 6.06. The van der Waals surface area contributed by atoms with Crippen LogP contribution in [0, 0.1) is 6.92 Å². The van der Waals surface area contributed by atoms with Gasteiger partial charge < -0.3 is 10.3 Å². The highest BCUT2D eigenvalue weighted by Gasteiger charge is 2.19. The lowest BCUT2D eigenvalue weighted by atomic mass is 9.98. The van der Waals surface area contributed by atoms with E-state index in [0.29, 0.717) is 15.7 Å². The lowest BCUT2D eigenvalue weighted by Crippen LogP contribution is -1.89. The topological polar surface area (TPSA) is 52.0 Å². The summed E-state index contributed by atoms with van der Waals surface area (Å²) in [5, 5.41) is 5.41. The SMILES string of the molecule is Cc1cc(Cl)ccc1-c1noc(N)c1-c1cccc(Cl)c1. The van der Waals surface area contributed by atoms with Crippen molar-refractivity contribution in [3.05, 3.63) is 58.1 Å². The van der Waals surface area contributed by atoms with Crippen LogP contribution in [0.25, 0.3) is 22.4 Å². The lowest BCUT2D eigenvalue weighted by Gasteiger charge is -2.06. The third kappa shape index (κ3) is 2.62. The Labute approximate surface area is 132 Å². The zero-order valence-electron chi connectivity index (χ0n) is 11.2. The molecule has 0 radical (unpaired) electrons. The molecule has 0 aliphatic carbocycles. The second-order valence-corrected chi connectivity index (χ2v) is 5.61. The first-order chi connectivity index (χ1) is 10.1. The summed E-state index contributed by atoms with van der Waals surface area (Å²) in [6.07, 6.45) is 0. The number of aromatic nitrogens is 1. The number of anilines is 1. The standard InChI is InChI=1S/C16H12Cl2N2O/c1-9-7-12(18)5-6-13(9)15-14(16(19)21-20-15)10-3-2-4-11(17)8-10/h2-8H,19H2,1H3. The molecule has 3 aromatic rings. The molecule has 0 fully saturated rings. The first kappa shape index (κ1) is 14.0. The summed E-state index contributed by atoms with van der Waals surface area (Å²) in [7, 11) is 0. The number of nitrogen functional groups attached to an aromatic ring is 1. The summed E-state index contributed by atoms with van der Waals surface area (Å²) in [4.78, 5) is 0. The number of benzene rings is 2. The van der Waals surface area contributed by atoms with Crippen LogP contribution in [0.3, 0.4) is 0 Å². The fourth-order valence-corrected chi connectivity index (χ4v) is 2.72. The fraction of sp³-hybridized carbons (Fsp3) is 0.0625. The Morgan fingerprint density at radius 2 is 1.81 bits per heavy atom. The molecule has 3 nitrogen and oxygen atoms in total. The Bertz CT molecular complexity index is 812. The van der Waals surface area contributed by atoms with Gasteiger partial charge in [-0.15, -0.1) is 0 Å². The van der Waals surface area contributed by atoms with Crippen LogP contribution >= 0.6 is 23.2 Å². The Morgan fingerprint density at radius 1 is 1.05 bits per heavy atom. The Balaban J connectivity index is 2.22. The summed E-state index contributed by atoms with van der Waals surface area (Å²) in [5.74, 6) is 0.265. The van der Waals surface area contributed by atoms with Gasteiger partial charge in [-0.25, -0.2) is 0 Å². The molecule has 0 amide bonds. The van der Waals surface area contributed by atoms with E-state index in [4.69, 9.17) is 33.5 Å². The minimum atomic E-state index is 0.265. The van der Waals surface area contributed by atoms with Crippen LogP contribution < -0.4 is 5.73 Å². The van der Waals surface area contributed by atoms with E-state index in [9.17, 15) is 0 Å². The zero-order chi connectivity index (χ0) is 15.0. The Hall–Kier alpha value is -1.97. The van der Waals surface area contributed by atoms with Crippen molar-refractivity contribution < 1.29 is 4.52 Å². The van der Waals surface area contributed by atoms with Crippen molar-refractivity contribution in [2.45, 2.75) is 6.92 Å². The van der Waals surface area contributed by atoms with Gasteiger partial charge in [-0.2, -0.15) is 0 Å². The summed E-state index contributed by atoms with van der Waals surface area (Å²) >= 11 is 12.1. The lowest BCUT2D eigenvalue weighted by molar-refractivity contribution is 0.439. The quantitative estimate of drug-likeness (QED) is 0.706. The molecule has 1 aromatic heterocycles. The molecule has 106 valence electrons. The molecule has 3 rings (SSSR count). The molecular weight excluding hydrogens is 307 g/mol. The first-order valence-electron chi connectivity index (χ1n) is 6.34. The summed E-state index contributed by atoms with van der Waals surface area (Å²) in [6.45, 7) is 1.97. The Kier molecular flexibility index (Phi) is 3.62. The molecule has 0 spiro atoms. The van der Waals surface area contributed by atoms with Crippen LogP contribution in [0.1, 0.15) is 5.56 Å². The van der Waals surface area contributed by atoms with E-state index in [1.54, 1.807) is 0 Å². The first-order valence-corrected chi connectivity index (χ1v) is 7.09.